The number of carbonyl (C=O) groups excluding carboxylic acids is 2. The van der Waals surface area contributed by atoms with Gasteiger partial charge in [-0.1, -0.05) is 0 Å². The van der Waals surface area contributed by atoms with Gasteiger partial charge in [-0.2, -0.15) is 0 Å². The van der Waals surface area contributed by atoms with Crippen LogP contribution in [0.15, 0.2) is 27.4 Å². The summed E-state index contributed by atoms with van der Waals surface area (Å²) in [6.07, 6.45) is -1.78. The molecule has 0 aliphatic rings. The Morgan fingerprint density at radius 1 is 0.964 bits per heavy atom. The fourth-order valence-corrected chi connectivity index (χ4v) is 2.59. The van der Waals surface area contributed by atoms with E-state index in [-0.39, 0.29) is 30.3 Å². The monoisotopic (exact) mass is 392 g/mol. The van der Waals surface area contributed by atoms with Gasteiger partial charge in [0.05, 0.1) is 18.6 Å². The molecule has 0 unspecified atom stereocenters. The lowest BCUT2D eigenvalue weighted by molar-refractivity contribution is -0.151. The van der Waals surface area contributed by atoms with Gasteiger partial charge in [-0.25, -0.2) is 14.4 Å². The third-order valence-corrected chi connectivity index (χ3v) is 3.83. The molecule has 0 amide bonds. The van der Waals surface area contributed by atoms with Gasteiger partial charge in [0, 0.05) is 18.2 Å². The van der Waals surface area contributed by atoms with Gasteiger partial charge in [-0.3, -0.25) is 0 Å². The highest BCUT2D eigenvalue weighted by Gasteiger charge is 2.22. The van der Waals surface area contributed by atoms with Gasteiger partial charge in [0.25, 0.3) is 0 Å². The van der Waals surface area contributed by atoms with E-state index in [4.69, 9.17) is 23.4 Å². The zero-order chi connectivity index (χ0) is 20.8. The number of ether oxygens (including phenoxy) is 4. The largest absolute Gasteiger partial charge is 0.479 e. The number of carbonyl (C=O) groups is 2. The number of benzene rings is 1. The molecule has 1 aromatic carbocycles. The van der Waals surface area contributed by atoms with E-state index >= 15 is 0 Å². The van der Waals surface area contributed by atoms with E-state index in [1.54, 1.807) is 27.7 Å². The van der Waals surface area contributed by atoms with E-state index in [1.165, 1.54) is 25.1 Å². The Hall–Kier alpha value is -3.03. The second-order valence-electron chi connectivity index (χ2n) is 6.07. The lowest BCUT2D eigenvalue weighted by atomic mass is 10.1. The SMILES string of the molecule is CCOC(=O)[C@H](C)Oc1cc(O[C@H](C)C(=O)OCC)cc2oc(=O)cc(C)c12. The summed E-state index contributed by atoms with van der Waals surface area (Å²) in [7, 11) is 0. The van der Waals surface area contributed by atoms with Crippen LogP contribution in [0.3, 0.4) is 0 Å². The molecule has 8 heteroatoms. The highest BCUT2D eigenvalue weighted by molar-refractivity contribution is 5.89. The van der Waals surface area contributed by atoms with E-state index in [9.17, 15) is 14.4 Å². The second kappa shape index (κ2) is 9.25. The van der Waals surface area contributed by atoms with Crippen LogP contribution in [0.1, 0.15) is 33.3 Å². The van der Waals surface area contributed by atoms with Crippen LogP contribution in [-0.2, 0) is 19.1 Å². The quantitative estimate of drug-likeness (QED) is 0.499. The first-order valence-electron chi connectivity index (χ1n) is 9.01. The zero-order valence-electron chi connectivity index (χ0n) is 16.6. The Bertz CT molecular complexity index is 914. The maximum absolute atomic E-state index is 11.9. The Morgan fingerprint density at radius 2 is 1.54 bits per heavy atom. The Kier molecular flexibility index (Phi) is 7.03. The minimum atomic E-state index is -0.896. The van der Waals surface area contributed by atoms with Crippen LogP contribution in [-0.4, -0.2) is 37.4 Å². The van der Waals surface area contributed by atoms with Crippen molar-refractivity contribution in [2.45, 2.75) is 46.8 Å². The van der Waals surface area contributed by atoms with Gasteiger partial charge < -0.3 is 23.4 Å². The van der Waals surface area contributed by atoms with Crippen molar-refractivity contribution in [2.24, 2.45) is 0 Å². The Balaban J connectivity index is 2.46. The summed E-state index contributed by atoms with van der Waals surface area (Å²) < 4.78 is 26.5. The number of aryl methyl sites for hydroxylation is 1. The van der Waals surface area contributed by atoms with Gasteiger partial charge in [-0.15, -0.1) is 0 Å². The van der Waals surface area contributed by atoms with E-state index in [1.807, 2.05) is 0 Å². The lowest BCUT2D eigenvalue weighted by Gasteiger charge is -2.18. The first-order chi connectivity index (χ1) is 13.3. The molecule has 8 nitrogen and oxygen atoms in total. The number of rotatable bonds is 8. The molecule has 0 fully saturated rings. The average molecular weight is 392 g/mol. The molecule has 2 aromatic rings. The van der Waals surface area contributed by atoms with Crippen LogP contribution < -0.4 is 15.1 Å². The first kappa shape index (κ1) is 21.3. The minimum absolute atomic E-state index is 0.213. The summed E-state index contributed by atoms with van der Waals surface area (Å²) in [6.45, 7) is 8.66. The molecular formula is C20H24O8. The van der Waals surface area contributed by atoms with Crippen molar-refractivity contribution in [1.29, 1.82) is 0 Å². The second-order valence-corrected chi connectivity index (χ2v) is 6.07. The molecule has 0 bridgehead atoms. The molecule has 152 valence electrons. The highest BCUT2D eigenvalue weighted by Crippen LogP contribution is 2.34. The molecule has 0 aliphatic carbocycles. The van der Waals surface area contributed by atoms with Crippen LogP contribution in [0.2, 0.25) is 0 Å². The predicted molar refractivity (Wildman–Crippen MR) is 101 cm³/mol. The van der Waals surface area contributed by atoms with Gasteiger partial charge in [0.1, 0.15) is 17.1 Å². The van der Waals surface area contributed by atoms with Gasteiger partial charge in [0.15, 0.2) is 12.2 Å². The number of esters is 2. The van der Waals surface area contributed by atoms with Crippen LogP contribution in [0, 0.1) is 6.92 Å². The fourth-order valence-electron chi connectivity index (χ4n) is 2.59. The first-order valence-corrected chi connectivity index (χ1v) is 9.01. The van der Waals surface area contributed by atoms with Crippen LogP contribution >= 0.6 is 0 Å². The molecule has 1 heterocycles. The van der Waals surface area contributed by atoms with Gasteiger partial charge >= 0.3 is 17.6 Å². The highest BCUT2D eigenvalue weighted by atomic mass is 16.6. The Morgan fingerprint density at radius 3 is 2.11 bits per heavy atom. The summed E-state index contributed by atoms with van der Waals surface area (Å²) in [4.78, 5) is 35.5. The van der Waals surface area contributed by atoms with E-state index in [0.717, 1.165) is 0 Å². The third kappa shape index (κ3) is 5.03. The molecule has 28 heavy (non-hydrogen) atoms. The number of hydrogen-bond acceptors (Lipinski definition) is 8. The maximum Gasteiger partial charge on any atom is 0.347 e. The molecule has 1 aromatic heterocycles. The molecular weight excluding hydrogens is 368 g/mol. The van der Waals surface area contributed by atoms with Crippen molar-refractivity contribution in [1.82, 2.24) is 0 Å². The van der Waals surface area contributed by atoms with Crippen LogP contribution in [0.5, 0.6) is 11.5 Å². The zero-order valence-corrected chi connectivity index (χ0v) is 16.6. The number of hydrogen-bond donors (Lipinski definition) is 0. The third-order valence-electron chi connectivity index (χ3n) is 3.83. The Labute approximate surface area is 162 Å². The molecule has 0 aliphatic heterocycles. The summed E-state index contributed by atoms with van der Waals surface area (Å²) in [5, 5.41) is 0.520. The standard InChI is InChI=1S/C20H24O8/c1-6-24-19(22)12(4)26-14-9-15(27-13(5)20(23)25-7-2)18-11(3)8-17(21)28-16(18)10-14/h8-10,12-13H,6-7H2,1-5H3/t12-,13+/m1/s1. The fraction of sp³-hybridized carbons (Fsp3) is 0.450. The van der Waals surface area contributed by atoms with Crippen molar-refractivity contribution >= 4 is 22.9 Å². The van der Waals surface area contributed by atoms with Crippen LogP contribution in [0.4, 0.5) is 0 Å². The average Bonchev–Trinajstić information content (AvgIpc) is 2.61. The summed E-state index contributed by atoms with van der Waals surface area (Å²) in [6, 6.07) is 4.34. The van der Waals surface area contributed by atoms with Crippen LogP contribution in [0.25, 0.3) is 11.0 Å². The molecule has 0 radical (unpaired) electrons. The number of fused-ring (bicyclic) bond motifs is 1. The minimum Gasteiger partial charge on any atom is -0.479 e. The molecule has 0 N–H and O–H groups in total. The topological polar surface area (TPSA) is 101 Å². The van der Waals surface area contributed by atoms with Gasteiger partial charge in [-0.05, 0) is 40.2 Å². The smallest absolute Gasteiger partial charge is 0.347 e. The maximum atomic E-state index is 11.9. The molecule has 2 atom stereocenters. The van der Waals surface area contributed by atoms with Crippen molar-refractivity contribution in [2.75, 3.05) is 13.2 Å². The van der Waals surface area contributed by atoms with E-state index in [2.05, 4.69) is 0 Å². The van der Waals surface area contributed by atoms with Crippen molar-refractivity contribution in [3.05, 3.63) is 34.2 Å². The molecule has 0 saturated heterocycles. The molecule has 2 rings (SSSR count). The molecule has 0 saturated carbocycles. The normalized spacial score (nSPS) is 12.9. The summed E-state index contributed by atoms with van der Waals surface area (Å²) in [5.41, 5.74) is 0.289. The summed E-state index contributed by atoms with van der Waals surface area (Å²) >= 11 is 0. The molecule has 0 spiro atoms. The predicted octanol–water partition coefficient (Wildman–Crippen LogP) is 2.76. The van der Waals surface area contributed by atoms with Crippen molar-refractivity contribution in [3.63, 3.8) is 0 Å². The lowest BCUT2D eigenvalue weighted by Crippen LogP contribution is -2.27. The van der Waals surface area contributed by atoms with Crippen molar-refractivity contribution in [3.8, 4) is 11.5 Å². The summed E-state index contributed by atoms with van der Waals surface area (Å²) in [5.74, 6) is -0.564. The van der Waals surface area contributed by atoms with Crippen molar-refractivity contribution < 1.29 is 33.0 Å². The van der Waals surface area contributed by atoms with E-state index in [0.29, 0.717) is 10.9 Å². The van der Waals surface area contributed by atoms with E-state index < -0.39 is 29.8 Å². The van der Waals surface area contributed by atoms with Gasteiger partial charge in [0.2, 0.25) is 0 Å².